The Morgan fingerprint density at radius 3 is 3.17 bits per heavy atom. The van der Waals surface area contributed by atoms with Gasteiger partial charge in [-0.3, -0.25) is 9.48 Å². The van der Waals surface area contributed by atoms with E-state index in [2.05, 4.69) is 21.0 Å². The van der Waals surface area contributed by atoms with E-state index in [0.29, 0.717) is 18.8 Å². The number of thioether (sulfide) groups is 2. The van der Waals surface area contributed by atoms with Gasteiger partial charge in [0.2, 0.25) is 0 Å². The van der Waals surface area contributed by atoms with Crippen molar-refractivity contribution in [2.45, 2.75) is 11.8 Å². The minimum atomic E-state index is 0.0537. The van der Waals surface area contributed by atoms with Gasteiger partial charge >= 0.3 is 0 Å². The smallest absolute Gasteiger partial charge is 0.195 e. The molecule has 0 aliphatic carbocycles. The highest BCUT2D eigenvalue weighted by Gasteiger charge is 2.27. The molecule has 7 heteroatoms. The van der Waals surface area contributed by atoms with Crippen molar-refractivity contribution in [2.24, 2.45) is 0 Å². The Labute approximate surface area is 123 Å². The number of ketones is 1. The summed E-state index contributed by atoms with van der Waals surface area (Å²) in [5, 5.41) is 4.28. The molecule has 0 spiro atoms. The Kier molecular flexibility index (Phi) is 5.59. The molecule has 0 N–H and O–H groups in total. The number of halogens is 1. The van der Waals surface area contributed by atoms with Crippen LogP contribution in [-0.2, 0) is 11.3 Å². The molecule has 1 unspecified atom stereocenters. The lowest BCUT2D eigenvalue weighted by atomic mass is 10.2. The highest BCUT2D eigenvalue weighted by atomic mass is 79.9. The Balaban J connectivity index is 2.14. The number of carbonyl (C=O) groups is 1. The maximum atomic E-state index is 12.5. The summed E-state index contributed by atoms with van der Waals surface area (Å²) >= 11 is 7.01. The molecule has 1 saturated heterocycles. The molecule has 2 rings (SSSR count). The fourth-order valence-corrected chi connectivity index (χ4v) is 4.85. The van der Waals surface area contributed by atoms with Crippen molar-refractivity contribution in [1.29, 1.82) is 0 Å². The van der Waals surface area contributed by atoms with Crippen LogP contribution in [0.4, 0.5) is 0 Å². The average Bonchev–Trinajstić information content (AvgIpc) is 2.77. The first-order chi connectivity index (χ1) is 8.74. The number of Topliss-reactive ketones (excluding diaryl/α,β-unsaturated/α-hetero) is 1. The molecule has 0 amide bonds. The van der Waals surface area contributed by atoms with Crippen LogP contribution in [0.3, 0.4) is 0 Å². The van der Waals surface area contributed by atoms with Crippen molar-refractivity contribution in [3.63, 3.8) is 0 Å². The van der Waals surface area contributed by atoms with Crippen LogP contribution in [0.5, 0.6) is 0 Å². The van der Waals surface area contributed by atoms with E-state index in [1.54, 1.807) is 29.8 Å². The van der Waals surface area contributed by atoms with Crippen LogP contribution in [0, 0.1) is 0 Å². The number of aromatic nitrogens is 2. The molecular formula is C11H15BrN2O2S2. The zero-order chi connectivity index (χ0) is 13.0. The van der Waals surface area contributed by atoms with Gasteiger partial charge in [0.05, 0.1) is 29.1 Å². The third-order valence-corrected chi connectivity index (χ3v) is 5.98. The minimum absolute atomic E-state index is 0.0537. The van der Waals surface area contributed by atoms with E-state index in [9.17, 15) is 4.79 Å². The number of rotatable bonds is 5. The molecule has 0 saturated carbocycles. The lowest BCUT2D eigenvalue weighted by Crippen LogP contribution is -2.27. The van der Waals surface area contributed by atoms with E-state index in [1.807, 2.05) is 11.8 Å². The molecule has 1 atom stereocenters. The van der Waals surface area contributed by atoms with Gasteiger partial charge in [-0.1, -0.05) is 0 Å². The molecule has 18 heavy (non-hydrogen) atoms. The number of methoxy groups -OCH3 is 1. The molecule has 1 aliphatic rings. The van der Waals surface area contributed by atoms with Gasteiger partial charge in [-0.25, -0.2) is 0 Å². The molecule has 1 aromatic rings. The van der Waals surface area contributed by atoms with Crippen molar-refractivity contribution < 1.29 is 9.53 Å². The van der Waals surface area contributed by atoms with E-state index >= 15 is 0 Å². The summed E-state index contributed by atoms with van der Waals surface area (Å²) < 4.78 is 7.55. The molecule has 4 nitrogen and oxygen atoms in total. The molecule has 0 radical (unpaired) electrons. The number of carbonyl (C=O) groups excluding carboxylic acids is 1. The predicted octanol–water partition coefficient (Wildman–Crippen LogP) is 2.32. The number of nitrogens with zero attached hydrogens (tertiary/aromatic N) is 2. The molecular weight excluding hydrogens is 336 g/mol. The van der Waals surface area contributed by atoms with Crippen LogP contribution in [-0.4, -0.2) is 51.8 Å². The highest BCUT2D eigenvalue weighted by molar-refractivity contribution is 9.10. The van der Waals surface area contributed by atoms with Gasteiger partial charge in [-0.2, -0.15) is 16.9 Å². The van der Waals surface area contributed by atoms with Crippen molar-refractivity contribution in [3.05, 3.63) is 16.4 Å². The number of hydrogen-bond acceptors (Lipinski definition) is 5. The van der Waals surface area contributed by atoms with E-state index in [1.165, 1.54) is 0 Å². The fraction of sp³-hybridized carbons (Fsp3) is 0.636. The first-order valence-corrected chi connectivity index (χ1v) is 8.67. The predicted molar refractivity (Wildman–Crippen MR) is 79.7 cm³/mol. The highest BCUT2D eigenvalue weighted by Crippen LogP contribution is 2.29. The second-order valence-electron chi connectivity index (χ2n) is 3.86. The van der Waals surface area contributed by atoms with Crippen LogP contribution < -0.4 is 0 Å². The average molecular weight is 351 g/mol. The normalized spacial score (nSPS) is 20.0. The van der Waals surface area contributed by atoms with Crippen molar-refractivity contribution >= 4 is 45.2 Å². The molecule has 0 aromatic carbocycles. The largest absolute Gasteiger partial charge is 0.383 e. The summed E-state index contributed by atoms with van der Waals surface area (Å²) in [6, 6.07) is 0. The lowest BCUT2D eigenvalue weighted by molar-refractivity contribution is 0.0980. The topological polar surface area (TPSA) is 44.1 Å². The number of ether oxygens (including phenoxy) is 1. The third-order valence-electron chi connectivity index (χ3n) is 2.64. The summed E-state index contributed by atoms with van der Waals surface area (Å²) in [5.74, 6) is 3.25. The Morgan fingerprint density at radius 2 is 2.50 bits per heavy atom. The second kappa shape index (κ2) is 6.98. The second-order valence-corrected chi connectivity index (χ2v) is 7.17. The van der Waals surface area contributed by atoms with Gasteiger partial charge in [-0.15, -0.1) is 11.8 Å². The monoisotopic (exact) mass is 350 g/mol. The Morgan fingerprint density at radius 1 is 1.67 bits per heavy atom. The summed E-state index contributed by atoms with van der Waals surface area (Å²) in [6.07, 6.45) is 1.68. The molecule has 0 bridgehead atoms. The summed E-state index contributed by atoms with van der Waals surface area (Å²) in [6.45, 7) is 1.16. The zero-order valence-corrected chi connectivity index (χ0v) is 13.3. The van der Waals surface area contributed by atoms with Crippen LogP contribution in [0.25, 0.3) is 0 Å². The molecule has 1 fully saturated rings. The van der Waals surface area contributed by atoms with E-state index < -0.39 is 0 Å². The Bertz CT molecular complexity index is 419. The summed E-state index contributed by atoms with van der Waals surface area (Å²) in [7, 11) is 1.65. The van der Waals surface area contributed by atoms with Crippen molar-refractivity contribution in [1.82, 2.24) is 9.78 Å². The first kappa shape index (κ1) is 14.4. The van der Waals surface area contributed by atoms with Crippen molar-refractivity contribution in [3.8, 4) is 0 Å². The molecule has 1 aromatic heterocycles. The van der Waals surface area contributed by atoms with Gasteiger partial charge in [0.1, 0.15) is 5.69 Å². The standard InChI is InChI=1S/C11H15BrN2O2S2/c1-16-3-2-14-10(8(12)6-13-14)11(15)9-7-17-4-5-18-9/h6,9H,2-5,7H2,1H3. The first-order valence-electron chi connectivity index (χ1n) is 5.68. The van der Waals surface area contributed by atoms with E-state index in [4.69, 9.17) is 4.74 Å². The van der Waals surface area contributed by atoms with Crippen LogP contribution >= 0.6 is 39.5 Å². The zero-order valence-electron chi connectivity index (χ0n) is 10.1. The quantitative estimate of drug-likeness (QED) is 0.762. The van der Waals surface area contributed by atoms with E-state index in [-0.39, 0.29) is 11.0 Å². The summed E-state index contributed by atoms with van der Waals surface area (Å²) in [5.41, 5.74) is 0.673. The Hall–Kier alpha value is 0.0200. The van der Waals surface area contributed by atoms with Crippen molar-refractivity contribution in [2.75, 3.05) is 31.0 Å². The molecule has 2 heterocycles. The molecule has 1 aliphatic heterocycles. The fourth-order valence-electron chi connectivity index (χ4n) is 1.75. The van der Waals surface area contributed by atoms with Crippen LogP contribution in [0.2, 0.25) is 0 Å². The van der Waals surface area contributed by atoms with Crippen LogP contribution in [0.15, 0.2) is 10.7 Å². The van der Waals surface area contributed by atoms with Crippen LogP contribution in [0.1, 0.15) is 10.5 Å². The number of hydrogen-bond donors (Lipinski definition) is 0. The van der Waals surface area contributed by atoms with Gasteiger partial charge in [0.25, 0.3) is 0 Å². The lowest BCUT2D eigenvalue weighted by Gasteiger charge is -2.20. The SMILES string of the molecule is COCCn1ncc(Br)c1C(=O)C1CSCCS1. The maximum Gasteiger partial charge on any atom is 0.195 e. The third kappa shape index (κ3) is 3.31. The van der Waals surface area contributed by atoms with Gasteiger partial charge in [0.15, 0.2) is 5.78 Å². The van der Waals surface area contributed by atoms with Gasteiger partial charge < -0.3 is 4.74 Å². The van der Waals surface area contributed by atoms with E-state index in [0.717, 1.165) is 21.7 Å². The maximum absolute atomic E-state index is 12.5. The molecule has 100 valence electrons. The van der Waals surface area contributed by atoms with Gasteiger partial charge in [-0.05, 0) is 15.9 Å². The van der Waals surface area contributed by atoms with Gasteiger partial charge in [0, 0.05) is 24.4 Å². The minimum Gasteiger partial charge on any atom is -0.383 e. The summed E-state index contributed by atoms with van der Waals surface area (Å²) in [4.78, 5) is 12.5.